The van der Waals surface area contributed by atoms with Crippen molar-refractivity contribution in [3.8, 4) is 5.69 Å². The van der Waals surface area contributed by atoms with Gasteiger partial charge >= 0.3 is 0 Å². The van der Waals surface area contributed by atoms with Gasteiger partial charge in [0.25, 0.3) is 0 Å². The van der Waals surface area contributed by atoms with Crippen molar-refractivity contribution in [2.45, 2.75) is 19.3 Å². The van der Waals surface area contributed by atoms with Crippen LogP contribution < -0.4 is 16.4 Å². The van der Waals surface area contributed by atoms with Gasteiger partial charge in [-0.15, -0.1) is 0 Å². The molecular formula is C28H19BN2. The molecule has 4 heterocycles. The first kappa shape index (κ1) is 16.2. The summed E-state index contributed by atoms with van der Waals surface area (Å²) in [6.07, 6.45) is 5.11. The minimum atomic E-state index is 0.409. The van der Waals surface area contributed by atoms with Crippen molar-refractivity contribution >= 4 is 34.1 Å². The lowest BCUT2D eigenvalue weighted by Crippen LogP contribution is -2.64. The Kier molecular flexibility index (Phi) is 2.89. The Labute approximate surface area is 181 Å². The van der Waals surface area contributed by atoms with Crippen LogP contribution in [0.2, 0.25) is 0 Å². The van der Waals surface area contributed by atoms with E-state index in [1.807, 2.05) is 6.33 Å². The molecule has 0 saturated heterocycles. The number of rotatable bonds is 1. The molecule has 0 spiro atoms. The summed E-state index contributed by atoms with van der Waals surface area (Å²) in [5.41, 5.74) is 17.3. The Hall–Kier alpha value is -3.59. The summed E-state index contributed by atoms with van der Waals surface area (Å²) < 4.78 is 2.25. The van der Waals surface area contributed by atoms with E-state index in [1.165, 1.54) is 44.6 Å². The van der Waals surface area contributed by atoms with Crippen molar-refractivity contribution in [3.63, 3.8) is 0 Å². The van der Waals surface area contributed by atoms with Gasteiger partial charge < -0.3 is 0 Å². The summed E-state index contributed by atoms with van der Waals surface area (Å²) in [7, 11) is 0. The van der Waals surface area contributed by atoms with Crippen LogP contribution in [0.15, 0.2) is 79.1 Å². The average Bonchev–Trinajstić information content (AvgIpc) is 3.23. The van der Waals surface area contributed by atoms with Crippen LogP contribution in [0.3, 0.4) is 0 Å². The third-order valence-corrected chi connectivity index (χ3v) is 7.65. The van der Waals surface area contributed by atoms with Crippen LogP contribution in [0.1, 0.15) is 33.4 Å². The molecule has 0 unspecified atom stereocenters. The van der Waals surface area contributed by atoms with E-state index in [-0.39, 0.29) is 0 Å². The van der Waals surface area contributed by atoms with Crippen molar-refractivity contribution in [1.82, 2.24) is 9.55 Å². The van der Waals surface area contributed by atoms with Gasteiger partial charge in [-0.1, -0.05) is 64.9 Å². The molecule has 0 radical (unpaired) electrons. The molecule has 1 aromatic heterocycles. The highest BCUT2D eigenvalue weighted by Gasteiger charge is 2.41. The van der Waals surface area contributed by atoms with Crippen molar-refractivity contribution < 1.29 is 0 Å². The highest BCUT2D eigenvalue weighted by Crippen LogP contribution is 2.30. The Balaban J connectivity index is 1.43. The van der Waals surface area contributed by atoms with Crippen molar-refractivity contribution in [2.24, 2.45) is 0 Å². The van der Waals surface area contributed by atoms with Gasteiger partial charge in [-0.05, 0) is 76.9 Å². The molecule has 0 fully saturated rings. The third kappa shape index (κ3) is 2.01. The summed E-state index contributed by atoms with van der Waals surface area (Å²) in [5, 5.41) is 0. The fraction of sp³-hybridized carbons (Fsp3) is 0.107. The average molecular weight is 394 g/mol. The lowest BCUT2D eigenvalue weighted by atomic mass is 9.28. The predicted molar refractivity (Wildman–Crippen MR) is 127 cm³/mol. The number of hydrogen-bond acceptors (Lipinski definition) is 1. The van der Waals surface area contributed by atoms with Crippen LogP contribution in [0.4, 0.5) is 0 Å². The molecule has 0 bridgehead atoms. The number of benzene rings is 4. The second-order valence-electron chi connectivity index (χ2n) is 9.22. The van der Waals surface area contributed by atoms with Crippen molar-refractivity contribution in [2.75, 3.05) is 0 Å². The predicted octanol–water partition coefficient (Wildman–Crippen LogP) is 3.25. The van der Waals surface area contributed by atoms with E-state index in [1.54, 1.807) is 16.4 Å². The van der Waals surface area contributed by atoms with E-state index in [2.05, 4.69) is 82.3 Å². The molecule has 8 rings (SSSR count). The largest absolute Gasteiger partial charge is 0.299 e. The molecule has 0 saturated carbocycles. The first-order chi connectivity index (χ1) is 15.3. The topological polar surface area (TPSA) is 17.8 Å². The maximum atomic E-state index is 4.65. The van der Waals surface area contributed by atoms with Gasteiger partial charge in [0.1, 0.15) is 6.33 Å². The highest BCUT2D eigenvalue weighted by molar-refractivity contribution is 6.98. The van der Waals surface area contributed by atoms with Gasteiger partial charge in [0.2, 0.25) is 6.71 Å². The zero-order valence-electron chi connectivity index (χ0n) is 17.1. The minimum Gasteiger partial charge on any atom is -0.299 e. The lowest BCUT2D eigenvalue weighted by Gasteiger charge is -2.39. The normalized spacial score (nSPS) is 14.6. The van der Waals surface area contributed by atoms with E-state index in [0.29, 0.717) is 6.71 Å². The van der Waals surface area contributed by atoms with Crippen LogP contribution in [0.5, 0.6) is 0 Å². The maximum absolute atomic E-state index is 4.65. The summed E-state index contributed by atoms with van der Waals surface area (Å²) in [6, 6.07) is 27.2. The SMILES string of the molecule is c1cc2c3c(c1)Cc1cc(-n4cnc5ccccc54)cc4c1B3c1c(cccc1C4)C2. The first-order valence-electron chi connectivity index (χ1n) is 11.1. The summed E-state index contributed by atoms with van der Waals surface area (Å²) in [4.78, 5) is 4.65. The van der Waals surface area contributed by atoms with E-state index in [0.717, 1.165) is 24.8 Å². The van der Waals surface area contributed by atoms with Gasteiger partial charge in [-0.2, -0.15) is 0 Å². The second-order valence-corrected chi connectivity index (χ2v) is 9.22. The standard InChI is InChI=1S/C28H19BN2/c1-2-10-25-24(9-1)30-16-31(25)23-14-21-12-19-7-3-5-17-11-18-6-4-8-20-13-22(15-23)28(21)29(26(17)19)27(18)20/h1-10,14-16H,11-13H2. The first-order valence-corrected chi connectivity index (χ1v) is 11.1. The summed E-state index contributed by atoms with van der Waals surface area (Å²) in [5.74, 6) is 0. The Morgan fingerprint density at radius 2 is 1.16 bits per heavy atom. The number of fused-ring (bicyclic) bond motifs is 1. The quantitative estimate of drug-likeness (QED) is 0.391. The molecule has 2 nitrogen and oxygen atoms in total. The molecule has 4 aromatic carbocycles. The number of para-hydroxylation sites is 2. The second kappa shape index (κ2) is 5.56. The number of hydrogen-bond donors (Lipinski definition) is 0. The summed E-state index contributed by atoms with van der Waals surface area (Å²) >= 11 is 0. The van der Waals surface area contributed by atoms with Crippen LogP contribution >= 0.6 is 0 Å². The molecule has 0 N–H and O–H groups in total. The maximum Gasteiger partial charge on any atom is 0.243 e. The molecule has 0 atom stereocenters. The van der Waals surface area contributed by atoms with E-state index in [4.69, 9.17) is 0 Å². The van der Waals surface area contributed by atoms with Crippen molar-refractivity contribution in [1.29, 1.82) is 0 Å². The van der Waals surface area contributed by atoms with Gasteiger partial charge in [-0.3, -0.25) is 4.57 Å². The van der Waals surface area contributed by atoms with E-state index in [9.17, 15) is 0 Å². The van der Waals surface area contributed by atoms with E-state index >= 15 is 0 Å². The van der Waals surface area contributed by atoms with Crippen LogP contribution in [-0.2, 0) is 19.3 Å². The highest BCUT2D eigenvalue weighted by atomic mass is 15.0. The smallest absolute Gasteiger partial charge is 0.243 e. The molecule has 3 aliphatic heterocycles. The van der Waals surface area contributed by atoms with Crippen molar-refractivity contribution in [3.05, 3.63) is 113 Å². The fourth-order valence-corrected chi connectivity index (χ4v) is 6.47. The zero-order chi connectivity index (χ0) is 20.1. The van der Waals surface area contributed by atoms with Crippen LogP contribution in [-0.4, -0.2) is 16.3 Å². The molecule has 31 heavy (non-hydrogen) atoms. The third-order valence-electron chi connectivity index (χ3n) is 7.65. The number of aromatic nitrogens is 2. The molecule has 5 aromatic rings. The molecule has 3 heteroatoms. The minimum absolute atomic E-state index is 0.409. The molecule has 0 aliphatic carbocycles. The van der Waals surface area contributed by atoms with Gasteiger partial charge in [0, 0.05) is 5.69 Å². The van der Waals surface area contributed by atoms with E-state index < -0.39 is 0 Å². The van der Waals surface area contributed by atoms with Crippen LogP contribution in [0, 0.1) is 0 Å². The number of nitrogens with zero attached hydrogens (tertiary/aromatic N) is 2. The molecule has 144 valence electrons. The Morgan fingerprint density at radius 1 is 0.613 bits per heavy atom. The Morgan fingerprint density at radius 3 is 1.81 bits per heavy atom. The summed E-state index contributed by atoms with van der Waals surface area (Å²) in [6.45, 7) is 0.409. The lowest BCUT2D eigenvalue weighted by molar-refractivity contribution is 1.05. The zero-order valence-corrected chi connectivity index (χ0v) is 17.1. The van der Waals surface area contributed by atoms with Crippen LogP contribution in [0.25, 0.3) is 16.7 Å². The van der Waals surface area contributed by atoms with Gasteiger partial charge in [0.05, 0.1) is 11.0 Å². The molecular weight excluding hydrogens is 375 g/mol. The van der Waals surface area contributed by atoms with Gasteiger partial charge in [-0.25, -0.2) is 4.98 Å². The van der Waals surface area contributed by atoms with Gasteiger partial charge in [0.15, 0.2) is 0 Å². The fourth-order valence-electron chi connectivity index (χ4n) is 6.47. The monoisotopic (exact) mass is 394 g/mol. The molecule has 3 aliphatic rings. The molecule has 0 amide bonds. The number of imidazole rings is 1. The Bertz CT molecular complexity index is 1500.